The fraction of sp³-hybridized carbons (Fsp3) is 0.450. The third kappa shape index (κ3) is 5.67. The van der Waals surface area contributed by atoms with Gasteiger partial charge in [0.1, 0.15) is 0 Å². The van der Waals surface area contributed by atoms with Crippen LogP contribution in [0.5, 0.6) is 11.5 Å². The lowest BCUT2D eigenvalue weighted by Gasteiger charge is -2.19. The zero-order valence-electron chi connectivity index (χ0n) is 16.8. The van der Waals surface area contributed by atoms with Gasteiger partial charge in [-0.3, -0.25) is 14.5 Å². The van der Waals surface area contributed by atoms with Gasteiger partial charge in [-0.25, -0.2) is 4.79 Å². The number of hydrogen-bond donors (Lipinski definition) is 0. The van der Waals surface area contributed by atoms with Gasteiger partial charge in [-0.1, -0.05) is 18.5 Å². The predicted octanol–water partition coefficient (Wildman–Crippen LogP) is 4.52. The van der Waals surface area contributed by atoms with Crippen LogP contribution in [0.3, 0.4) is 0 Å². The molecule has 2 amide bonds. The van der Waals surface area contributed by atoms with Crippen molar-refractivity contribution >= 4 is 46.6 Å². The molecule has 0 saturated carbocycles. The minimum atomic E-state index is -0.520. The first-order valence-corrected chi connectivity index (χ1v) is 10.5. The maximum atomic E-state index is 12.6. The average Bonchev–Trinajstić information content (AvgIpc) is 2.94. The molecule has 0 unspecified atom stereocenters. The number of thioether (sulfide) groups is 1. The molecule has 2 rings (SSSR count). The summed E-state index contributed by atoms with van der Waals surface area (Å²) < 4.78 is 15.9. The largest absolute Gasteiger partial charge is 0.490 e. The molecule has 29 heavy (non-hydrogen) atoms. The zero-order chi connectivity index (χ0) is 21.6. The summed E-state index contributed by atoms with van der Waals surface area (Å²) in [5.74, 6) is -0.303. The Morgan fingerprint density at radius 1 is 1.21 bits per heavy atom. The second-order valence-corrected chi connectivity index (χ2v) is 7.57. The first-order chi connectivity index (χ1) is 13.8. The number of rotatable bonds is 9. The van der Waals surface area contributed by atoms with Gasteiger partial charge in [0.15, 0.2) is 18.1 Å². The number of nitrogens with zero attached hydrogens (tertiary/aromatic N) is 1. The first-order valence-electron chi connectivity index (χ1n) is 9.34. The van der Waals surface area contributed by atoms with Crippen LogP contribution in [0.2, 0.25) is 5.02 Å². The molecule has 1 aromatic rings. The van der Waals surface area contributed by atoms with Gasteiger partial charge in [0.05, 0.1) is 23.1 Å². The lowest BCUT2D eigenvalue weighted by molar-refractivity contribution is -0.145. The van der Waals surface area contributed by atoms with Crippen molar-refractivity contribution in [3.8, 4) is 11.5 Å². The van der Waals surface area contributed by atoms with E-state index in [0.717, 1.165) is 11.8 Å². The molecule has 0 radical (unpaired) electrons. The van der Waals surface area contributed by atoms with Gasteiger partial charge in [-0.15, -0.1) is 0 Å². The van der Waals surface area contributed by atoms with Crippen molar-refractivity contribution in [1.29, 1.82) is 0 Å². The van der Waals surface area contributed by atoms with Crippen LogP contribution in [-0.2, 0) is 14.3 Å². The number of amides is 2. The SMILES string of the molecule is CCOC(=O)COc1c(Cl)cc(/C=C2/SC(=O)N([C@@H](C)CC)C2=O)cc1OCC. The maximum Gasteiger partial charge on any atom is 0.344 e. The van der Waals surface area contributed by atoms with Crippen LogP contribution in [0.4, 0.5) is 4.79 Å². The van der Waals surface area contributed by atoms with E-state index in [1.165, 1.54) is 4.90 Å². The number of hydrogen-bond acceptors (Lipinski definition) is 7. The molecule has 1 atom stereocenters. The van der Waals surface area contributed by atoms with Gasteiger partial charge in [0.2, 0.25) is 0 Å². The van der Waals surface area contributed by atoms with E-state index in [9.17, 15) is 14.4 Å². The van der Waals surface area contributed by atoms with E-state index in [0.29, 0.717) is 29.2 Å². The highest BCUT2D eigenvalue weighted by atomic mass is 35.5. The summed E-state index contributed by atoms with van der Waals surface area (Å²) in [6.07, 6.45) is 2.27. The van der Waals surface area contributed by atoms with E-state index in [1.54, 1.807) is 32.1 Å². The summed E-state index contributed by atoms with van der Waals surface area (Å²) in [5, 5.41) is -0.0752. The van der Waals surface area contributed by atoms with Crippen LogP contribution < -0.4 is 9.47 Å². The Morgan fingerprint density at radius 2 is 1.93 bits per heavy atom. The minimum absolute atomic E-state index is 0.172. The average molecular weight is 442 g/mol. The van der Waals surface area contributed by atoms with Crippen molar-refractivity contribution in [2.45, 2.75) is 40.2 Å². The van der Waals surface area contributed by atoms with E-state index >= 15 is 0 Å². The summed E-state index contributed by atoms with van der Waals surface area (Å²) in [6.45, 7) is 7.54. The number of benzene rings is 1. The summed E-state index contributed by atoms with van der Waals surface area (Å²) >= 11 is 7.22. The highest BCUT2D eigenvalue weighted by Crippen LogP contribution is 2.39. The summed E-state index contributed by atoms with van der Waals surface area (Å²) in [6, 6.07) is 3.06. The van der Waals surface area contributed by atoms with Crippen LogP contribution in [0.15, 0.2) is 17.0 Å². The van der Waals surface area contributed by atoms with Crippen molar-refractivity contribution in [3.05, 3.63) is 27.6 Å². The van der Waals surface area contributed by atoms with E-state index in [1.807, 2.05) is 13.8 Å². The third-order valence-corrected chi connectivity index (χ3v) is 5.29. The van der Waals surface area contributed by atoms with Crippen LogP contribution in [0.1, 0.15) is 39.7 Å². The maximum absolute atomic E-state index is 12.6. The van der Waals surface area contributed by atoms with Gasteiger partial charge in [0, 0.05) is 6.04 Å². The van der Waals surface area contributed by atoms with Crippen molar-refractivity contribution in [2.75, 3.05) is 19.8 Å². The Kier molecular flexibility index (Phi) is 8.40. The summed E-state index contributed by atoms with van der Waals surface area (Å²) in [4.78, 5) is 37.9. The molecule has 7 nitrogen and oxygen atoms in total. The Bertz CT molecular complexity index is 825. The number of ether oxygens (including phenoxy) is 3. The fourth-order valence-corrected chi connectivity index (χ4v) is 3.81. The number of carbonyl (C=O) groups excluding carboxylic acids is 3. The lowest BCUT2D eigenvalue weighted by Crippen LogP contribution is -2.36. The van der Waals surface area contributed by atoms with E-state index < -0.39 is 5.97 Å². The number of esters is 1. The van der Waals surface area contributed by atoms with Gasteiger partial charge in [0.25, 0.3) is 11.1 Å². The Labute approximate surface area is 179 Å². The van der Waals surface area contributed by atoms with Crippen molar-refractivity contribution < 1.29 is 28.6 Å². The quantitative estimate of drug-likeness (QED) is 0.411. The van der Waals surface area contributed by atoms with E-state index in [-0.39, 0.29) is 41.2 Å². The molecule has 1 fully saturated rings. The molecule has 0 N–H and O–H groups in total. The van der Waals surface area contributed by atoms with Crippen LogP contribution >= 0.6 is 23.4 Å². The molecule has 1 heterocycles. The minimum Gasteiger partial charge on any atom is -0.490 e. The van der Waals surface area contributed by atoms with Crippen molar-refractivity contribution in [1.82, 2.24) is 4.90 Å². The summed E-state index contributed by atoms with van der Waals surface area (Å²) in [7, 11) is 0. The van der Waals surface area contributed by atoms with Gasteiger partial charge < -0.3 is 14.2 Å². The molecule has 0 aromatic heterocycles. The van der Waals surface area contributed by atoms with E-state index in [4.69, 9.17) is 25.8 Å². The highest BCUT2D eigenvalue weighted by molar-refractivity contribution is 8.18. The van der Waals surface area contributed by atoms with Gasteiger partial charge in [-0.2, -0.15) is 0 Å². The van der Waals surface area contributed by atoms with Gasteiger partial charge >= 0.3 is 5.97 Å². The third-order valence-electron chi connectivity index (χ3n) is 4.12. The Balaban J connectivity index is 2.30. The molecule has 1 aromatic carbocycles. The topological polar surface area (TPSA) is 82.1 Å². The van der Waals surface area contributed by atoms with Crippen molar-refractivity contribution in [2.24, 2.45) is 0 Å². The summed E-state index contributed by atoms with van der Waals surface area (Å²) in [5.41, 5.74) is 0.580. The first kappa shape index (κ1) is 23.1. The number of carbonyl (C=O) groups is 3. The standard InChI is InChI=1S/C20H24ClNO6S/c1-5-12(4)22-19(24)16(29-20(22)25)10-13-8-14(21)18(15(9-13)26-6-2)28-11-17(23)27-7-3/h8-10,12H,5-7,11H2,1-4H3/b16-10+/t12-/m0/s1. The van der Waals surface area contributed by atoms with Crippen LogP contribution in [0.25, 0.3) is 6.08 Å². The molecule has 1 aliphatic heterocycles. The monoisotopic (exact) mass is 441 g/mol. The Hall–Kier alpha value is -2.19. The normalized spacial score (nSPS) is 16.3. The molecule has 0 aliphatic carbocycles. The molecule has 0 spiro atoms. The second-order valence-electron chi connectivity index (χ2n) is 6.17. The number of imide groups is 1. The van der Waals surface area contributed by atoms with Gasteiger partial charge in [-0.05, 0) is 62.7 Å². The zero-order valence-corrected chi connectivity index (χ0v) is 18.4. The number of halogens is 1. The molecular formula is C20H24ClNO6S. The molecule has 0 bridgehead atoms. The molecule has 1 aliphatic rings. The highest BCUT2D eigenvalue weighted by Gasteiger charge is 2.37. The predicted molar refractivity (Wildman–Crippen MR) is 112 cm³/mol. The molecular weight excluding hydrogens is 418 g/mol. The van der Waals surface area contributed by atoms with Crippen LogP contribution in [0, 0.1) is 0 Å². The smallest absolute Gasteiger partial charge is 0.344 e. The molecule has 1 saturated heterocycles. The van der Waals surface area contributed by atoms with Crippen molar-refractivity contribution in [3.63, 3.8) is 0 Å². The van der Waals surface area contributed by atoms with E-state index in [2.05, 4.69) is 0 Å². The second kappa shape index (κ2) is 10.5. The fourth-order valence-electron chi connectivity index (χ4n) is 2.60. The lowest BCUT2D eigenvalue weighted by atomic mass is 10.1. The van der Waals surface area contributed by atoms with Crippen LogP contribution in [-0.4, -0.2) is 47.9 Å². The Morgan fingerprint density at radius 3 is 2.55 bits per heavy atom. The molecule has 9 heteroatoms. The molecule has 158 valence electrons.